The highest BCUT2D eigenvalue weighted by atomic mass is 32.2. The molecule has 0 radical (unpaired) electrons. The Bertz CT molecular complexity index is 959. The number of nitrogens with one attached hydrogen (secondary N) is 1. The van der Waals surface area contributed by atoms with Crippen LogP contribution in [0.25, 0.3) is 0 Å². The molecule has 0 spiro atoms. The lowest BCUT2D eigenvalue weighted by Gasteiger charge is -2.17. The average molecular weight is 398 g/mol. The van der Waals surface area contributed by atoms with Gasteiger partial charge in [0.1, 0.15) is 5.25 Å². The first-order chi connectivity index (χ1) is 13.4. The first-order valence-corrected chi connectivity index (χ1v) is 9.55. The second-order valence-electron chi connectivity index (χ2n) is 6.13. The molecule has 1 saturated heterocycles. The first-order valence-electron chi connectivity index (χ1n) is 8.67. The van der Waals surface area contributed by atoms with Crippen molar-refractivity contribution in [2.45, 2.75) is 25.0 Å². The Balaban J connectivity index is 1.74. The number of imide groups is 1. The zero-order chi connectivity index (χ0) is 20.3. The van der Waals surface area contributed by atoms with E-state index in [4.69, 9.17) is 0 Å². The number of aryl methyl sites for hydroxylation is 1. The Hall–Kier alpha value is -3.13. The molecular weight excluding hydrogens is 380 g/mol. The van der Waals surface area contributed by atoms with Crippen LogP contribution in [0.1, 0.15) is 29.3 Å². The van der Waals surface area contributed by atoms with Gasteiger partial charge in [-0.15, -0.1) is 0 Å². The second-order valence-corrected chi connectivity index (χ2v) is 7.29. The van der Waals surface area contributed by atoms with E-state index in [2.05, 4.69) is 5.32 Å². The second kappa shape index (κ2) is 8.26. The molecule has 28 heavy (non-hydrogen) atoms. The molecule has 3 rings (SSSR count). The van der Waals surface area contributed by atoms with Crippen molar-refractivity contribution in [2.24, 2.45) is 0 Å². The van der Waals surface area contributed by atoms with Crippen molar-refractivity contribution in [1.29, 1.82) is 0 Å². The van der Waals surface area contributed by atoms with E-state index in [1.807, 2.05) is 19.1 Å². The molecule has 8 heteroatoms. The van der Waals surface area contributed by atoms with Crippen LogP contribution in [-0.2, 0) is 16.0 Å². The lowest BCUT2D eigenvalue weighted by molar-refractivity contribution is -0.121. The maximum Gasteiger partial charge on any atom is 0.337 e. The number of benzene rings is 2. The van der Waals surface area contributed by atoms with Gasteiger partial charge in [0.15, 0.2) is 0 Å². The predicted octanol–water partition coefficient (Wildman–Crippen LogP) is 3.54. The van der Waals surface area contributed by atoms with Crippen LogP contribution in [0, 0.1) is 0 Å². The fourth-order valence-electron chi connectivity index (χ4n) is 2.98. The van der Waals surface area contributed by atoms with Crippen LogP contribution >= 0.6 is 11.8 Å². The smallest absolute Gasteiger partial charge is 0.337 e. The van der Waals surface area contributed by atoms with Crippen molar-refractivity contribution < 1.29 is 24.3 Å². The average Bonchev–Trinajstić information content (AvgIpc) is 2.95. The Morgan fingerprint density at radius 1 is 1.11 bits per heavy atom. The molecular formula is C20H18N2O5S. The summed E-state index contributed by atoms with van der Waals surface area (Å²) in [5.41, 5.74) is 1.50. The number of hydrogen-bond donors (Lipinski definition) is 2. The van der Waals surface area contributed by atoms with Crippen molar-refractivity contribution in [3.63, 3.8) is 0 Å². The van der Waals surface area contributed by atoms with Gasteiger partial charge in [-0.2, -0.15) is 0 Å². The Labute approximate surface area is 165 Å². The van der Waals surface area contributed by atoms with Crippen molar-refractivity contribution in [2.75, 3.05) is 10.2 Å². The van der Waals surface area contributed by atoms with E-state index < -0.39 is 28.3 Å². The third kappa shape index (κ3) is 3.91. The number of carbonyl (C=O) groups excluding carboxylic acids is 3. The van der Waals surface area contributed by atoms with Gasteiger partial charge in [-0.25, -0.2) is 9.69 Å². The normalized spacial score (nSPS) is 16.3. The van der Waals surface area contributed by atoms with Gasteiger partial charge in [0.25, 0.3) is 5.24 Å². The monoisotopic (exact) mass is 398 g/mol. The van der Waals surface area contributed by atoms with Gasteiger partial charge >= 0.3 is 5.97 Å². The molecule has 1 aliphatic rings. The van der Waals surface area contributed by atoms with Gasteiger partial charge in [0, 0.05) is 6.42 Å². The van der Waals surface area contributed by atoms with Crippen LogP contribution in [0.3, 0.4) is 0 Å². The van der Waals surface area contributed by atoms with Crippen LogP contribution in [0.5, 0.6) is 0 Å². The summed E-state index contributed by atoms with van der Waals surface area (Å²) in [5.74, 6) is -2.14. The Morgan fingerprint density at radius 3 is 2.50 bits per heavy atom. The predicted molar refractivity (Wildman–Crippen MR) is 107 cm³/mol. The maximum absolute atomic E-state index is 12.8. The van der Waals surface area contributed by atoms with Gasteiger partial charge < -0.3 is 10.4 Å². The van der Waals surface area contributed by atoms with E-state index in [0.29, 0.717) is 12.1 Å². The summed E-state index contributed by atoms with van der Waals surface area (Å²) >= 11 is 0.805. The molecule has 2 aromatic carbocycles. The molecule has 1 atom stereocenters. The standard InChI is InChI=1S/C20H18N2O5S/c1-2-12-7-3-6-10-15(12)22-18(24)16(28-20(22)27)11-17(23)21-14-9-5-4-8-13(14)19(25)26/h3-10,16H,2,11H2,1H3,(H,21,23)(H,25,26). The lowest BCUT2D eigenvalue weighted by atomic mass is 10.1. The number of rotatable bonds is 6. The number of nitrogens with zero attached hydrogens (tertiary/aromatic N) is 1. The molecule has 144 valence electrons. The molecule has 0 aliphatic carbocycles. The molecule has 0 aromatic heterocycles. The van der Waals surface area contributed by atoms with Crippen molar-refractivity contribution in [3.8, 4) is 0 Å². The highest BCUT2D eigenvalue weighted by molar-refractivity contribution is 8.15. The molecule has 2 aromatic rings. The Morgan fingerprint density at radius 2 is 1.79 bits per heavy atom. The number of hydrogen-bond acceptors (Lipinski definition) is 5. The number of carboxylic acid groups (broad SMARTS) is 1. The van der Waals surface area contributed by atoms with Crippen molar-refractivity contribution >= 4 is 46.2 Å². The van der Waals surface area contributed by atoms with Gasteiger partial charge in [-0.3, -0.25) is 14.4 Å². The largest absolute Gasteiger partial charge is 0.478 e. The third-order valence-corrected chi connectivity index (χ3v) is 5.37. The van der Waals surface area contributed by atoms with Crippen molar-refractivity contribution in [3.05, 3.63) is 59.7 Å². The number of carboxylic acids is 1. The summed E-state index contributed by atoms with van der Waals surface area (Å²) < 4.78 is 0. The molecule has 0 saturated carbocycles. The molecule has 2 N–H and O–H groups in total. The minimum absolute atomic E-state index is 0.0455. The van der Waals surface area contributed by atoms with Gasteiger partial charge in [-0.1, -0.05) is 37.3 Å². The summed E-state index contributed by atoms with van der Waals surface area (Å²) in [5, 5.41) is 10.4. The topological polar surface area (TPSA) is 104 Å². The summed E-state index contributed by atoms with van der Waals surface area (Å²) in [6, 6.07) is 13.2. The van der Waals surface area contributed by atoms with E-state index in [9.17, 15) is 24.3 Å². The molecule has 1 fully saturated rings. The highest BCUT2D eigenvalue weighted by Gasteiger charge is 2.42. The number of amides is 3. The van der Waals surface area contributed by atoms with E-state index in [1.54, 1.807) is 24.3 Å². The zero-order valence-electron chi connectivity index (χ0n) is 15.0. The Kier molecular flexibility index (Phi) is 5.79. The minimum atomic E-state index is -1.17. The third-order valence-electron chi connectivity index (χ3n) is 4.34. The molecule has 1 unspecified atom stereocenters. The van der Waals surface area contributed by atoms with E-state index in [1.165, 1.54) is 12.1 Å². The van der Waals surface area contributed by atoms with E-state index >= 15 is 0 Å². The van der Waals surface area contributed by atoms with Gasteiger partial charge in [0.05, 0.1) is 16.9 Å². The number of anilines is 2. The van der Waals surface area contributed by atoms with E-state index in [0.717, 1.165) is 22.2 Å². The van der Waals surface area contributed by atoms with Crippen LogP contribution in [0.15, 0.2) is 48.5 Å². The fraction of sp³-hybridized carbons (Fsp3) is 0.200. The molecule has 7 nitrogen and oxygen atoms in total. The molecule has 0 bridgehead atoms. The van der Waals surface area contributed by atoms with Crippen LogP contribution in [-0.4, -0.2) is 33.4 Å². The molecule has 1 aliphatic heterocycles. The van der Waals surface area contributed by atoms with E-state index in [-0.39, 0.29) is 17.7 Å². The van der Waals surface area contributed by atoms with Gasteiger partial charge in [-0.05, 0) is 41.9 Å². The van der Waals surface area contributed by atoms with Crippen LogP contribution in [0.2, 0.25) is 0 Å². The number of aromatic carboxylic acids is 1. The summed E-state index contributed by atoms with van der Waals surface area (Å²) in [6.45, 7) is 1.93. The maximum atomic E-state index is 12.8. The van der Waals surface area contributed by atoms with Crippen LogP contribution in [0.4, 0.5) is 16.2 Å². The van der Waals surface area contributed by atoms with Crippen molar-refractivity contribution in [1.82, 2.24) is 0 Å². The highest BCUT2D eigenvalue weighted by Crippen LogP contribution is 2.35. The van der Waals surface area contributed by atoms with Crippen LogP contribution < -0.4 is 10.2 Å². The number of carbonyl (C=O) groups is 4. The molecule has 1 heterocycles. The van der Waals surface area contributed by atoms with Gasteiger partial charge in [0.2, 0.25) is 11.8 Å². The quantitative estimate of drug-likeness (QED) is 0.771. The minimum Gasteiger partial charge on any atom is -0.478 e. The summed E-state index contributed by atoms with van der Waals surface area (Å²) in [6.07, 6.45) is 0.434. The number of thioether (sulfide) groups is 1. The summed E-state index contributed by atoms with van der Waals surface area (Å²) in [4.78, 5) is 49.9. The molecule has 3 amide bonds. The lowest BCUT2D eigenvalue weighted by Crippen LogP contribution is -2.33. The first kappa shape index (κ1) is 19.6. The fourth-order valence-corrected chi connectivity index (χ4v) is 3.96. The number of para-hydroxylation sites is 2. The summed E-state index contributed by atoms with van der Waals surface area (Å²) in [7, 11) is 0. The SMILES string of the molecule is CCc1ccccc1N1C(=O)SC(CC(=O)Nc2ccccc2C(=O)O)C1=O. The zero-order valence-corrected chi connectivity index (χ0v) is 15.9.